The molecule has 2 N–H and O–H groups in total. The average molecular weight is 219 g/mol. The first kappa shape index (κ1) is 11.6. The fourth-order valence-electron chi connectivity index (χ4n) is 2.58. The molecule has 0 spiro atoms. The van der Waals surface area contributed by atoms with E-state index in [2.05, 4.69) is 28.9 Å². The highest BCUT2D eigenvalue weighted by atomic mass is 15.2. The minimum atomic E-state index is 0.384. The zero-order chi connectivity index (χ0) is 11.4. The molecule has 0 radical (unpaired) electrons. The number of pyridine rings is 1. The standard InChI is InChI=1S/C13H21N3/c1-11(13-7-2-4-8-15-13)16-9-5-3-6-12(16)10-14/h2,4,7-8,11-12H,3,5-6,9-10,14H2,1H3/t11-,12+/m0/s1. The van der Waals surface area contributed by atoms with Gasteiger partial charge in [0, 0.05) is 24.8 Å². The maximum Gasteiger partial charge on any atom is 0.0572 e. The van der Waals surface area contributed by atoms with Crippen molar-refractivity contribution in [2.24, 2.45) is 5.73 Å². The molecule has 0 unspecified atom stereocenters. The summed E-state index contributed by atoms with van der Waals surface area (Å²) in [7, 11) is 0. The highest BCUT2D eigenvalue weighted by molar-refractivity contribution is 5.08. The molecule has 16 heavy (non-hydrogen) atoms. The molecule has 2 rings (SSSR count). The summed E-state index contributed by atoms with van der Waals surface area (Å²) in [6.07, 6.45) is 5.70. The first-order valence-corrected chi connectivity index (χ1v) is 6.19. The number of hydrogen-bond donors (Lipinski definition) is 1. The van der Waals surface area contributed by atoms with Gasteiger partial charge in [-0.15, -0.1) is 0 Å². The zero-order valence-corrected chi connectivity index (χ0v) is 9.97. The van der Waals surface area contributed by atoms with Gasteiger partial charge in [0.2, 0.25) is 0 Å². The first-order valence-electron chi connectivity index (χ1n) is 6.19. The van der Waals surface area contributed by atoms with Crippen LogP contribution in [0.5, 0.6) is 0 Å². The van der Waals surface area contributed by atoms with Crippen LogP contribution in [-0.4, -0.2) is 29.0 Å². The third kappa shape index (κ3) is 2.42. The molecule has 1 aliphatic heterocycles. The molecular formula is C13H21N3. The first-order chi connectivity index (χ1) is 7.83. The second kappa shape index (κ2) is 5.41. The number of hydrogen-bond acceptors (Lipinski definition) is 3. The van der Waals surface area contributed by atoms with Gasteiger partial charge in [0.15, 0.2) is 0 Å². The monoisotopic (exact) mass is 219 g/mol. The molecule has 88 valence electrons. The lowest BCUT2D eigenvalue weighted by molar-refractivity contribution is 0.106. The van der Waals surface area contributed by atoms with Crippen LogP contribution in [0.1, 0.15) is 37.9 Å². The van der Waals surface area contributed by atoms with Crippen LogP contribution >= 0.6 is 0 Å². The van der Waals surface area contributed by atoms with E-state index in [4.69, 9.17) is 5.73 Å². The Labute approximate surface area is 97.7 Å². The SMILES string of the molecule is C[C@@H](c1ccccn1)N1CCCC[C@@H]1CN. The van der Waals surface area contributed by atoms with Gasteiger partial charge in [0.1, 0.15) is 0 Å². The normalized spacial score (nSPS) is 24.2. The van der Waals surface area contributed by atoms with Crippen molar-refractivity contribution in [2.75, 3.05) is 13.1 Å². The van der Waals surface area contributed by atoms with Gasteiger partial charge in [0.05, 0.1) is 5.69 Å². The summed E-state index contributed by atoms with van der Waals surface area (Å²) >= 11 is 0. The van der Waals surface area contributed by atoms with E-state index in [1.165, 1.54) is 19.3 Å². The second-order valence-corrected chi connectivity index (χ2v) is 4.55. The average Bonchev–Trinajstić information content (AvgIpc) is 2.39. The summed E-state index contributed by atoms with van der Waals surface area (Å²) in [5.41, 5.74) is 7.00. The highest BCUT2D eigenvalue weighted by Crippen LogP contribution is 2.26. The van der Waals surface area contributed by atoms with E-state index in [9.17, 15) is 0 Å². The van der Waals surface area contributed by atoms with Gasteiger partial charge in [-0.2, -0.15) is 0 Å². The molecule has 0 amide bonds. The van der Waals surface area contributed by atoms with Crippen LogP contribution in [0.25, 0.3) is 0 Å². The van der Waals surface area contributed by atoms with Gasteiger partial charge in [-0.25, -0.2) is 0 Å². The fourth-order valence-corrected chi connectivity index (χ4v) is 2.58. The van der Waals surface area contributed by atoms with Crippen LogP contribution in [-0.2, 0) is 0 Å². The van der Waals surface area contributed by atoms with Crippen molar-refractivity contribution in [3.8, 4) is 0 Å². The van der Waals surface area contributed by atoms with Crippen LogP contribution in [0.3, 0.4) is 0 Å². The molecule has 1 aromatic heterocycles. The van der Waals surface area contributed by atoms with Crippen LogP contribution < -0.4 is 5.73 Å². The van der Waals surface area contributed by atoms with Crippen molar-refractivity contribution < 1.29 is 0 Å². The van der Waals surface area contributed by atoms with E-state index in [0.29, 0.717) is 12.1 Å². The molecule has 3 heteroatoms. The summed E-state index contributed by atoms with van der Waals surface area (Å²) in [6, 6.07) is 7.04. The van der Waals surface area contributed by atoms with Gasteiger partial charge in [-0.1, -0.05) is 12.5 Å². The maximum atomic E-state index is 5.85. The Bertz CT molecular complexity index is 312. The zero-order valence-electron chi connectivity index (χ0n) is 9.97. The molecule has 2 heterocycles. The lowest BCUT2D eigenvalue weighted by atomic mass is 9.99. The number of rotatable bonds is 3. The molecular weight excluding hydrogens is 198 g/mol. The highest BCUT2D eigenvalue weighted by Gasteiger charge is 2.26. The molecule has 1 fully saturated rings. The van der Waals surface area contributed by atoms with Gasteiger partial charge < -0.3 is 5.73 Å². The van der Waals surface area contributed by atoms with Crippen LogP contribution in [0.4, 0.5) is 0 Å². The predicted octanol–water partition coefficient (Wildman–Crippen LogP) is 1.96. The predicted molar refractivity (Wildman–Crippen MR) is 66.1 cm³/mol. The van der Waals surface area contributed by atoms with Crippen LogP contribution in [0, 0.1) is 0 Å². The lowest BCUT2D eigenvalue weighted by Gasteiger charge is -2.39. The van der Waals surface area contributed by atoms with Crippen LogP contribution in [0.2, 0.25) is 0 Å². The number of likely N-dealkylation sites (tertiary alicyclic amines) is 1. The minimum Gasteiger partial charge on any atom is -0.329 e. The summed E-state index contributed by atoms with van der Waals surface area (Å²) in [5.74, 6) is 0. The Kier molecular flexibility index (Phi) is 3.91. The van der Waals surface area contributed by atoms with E-state index in [1.54, 1.807) is 0 Å². The van der Waals surface area contributed by atoms with E-state index in [0.717, 1.165) is 18.8 Å². The Morgan fingerprint density at radius 3 is 3.06 bits per heavy atom. The summed E-state index contributed by atoms with van der Waals surface area (Å²) in [4.78, 5) is 6.95. The fraction of sp³-hybridized carbons (Fsp3) is 0.615. The van der Waals surface area contributed by atoms with Crippen molar-refractivity contribution in [1.29, 1.82) is 0 Å². The lowest BCUT2D eigenvalue weighted by Crippen LogP contribution is -2.45. The van der Waals surface area contributed by atoms with Crippen molar-refractivity contribution >= 4 is 0 Å². The molecule has 0 aromatic carbocycles. The summed E-state index contributed by atoms with van der Waals surface area (Å²) < 4.78 is 0. The van der Waals surface area contributed by atoms with Crippen molar-refractivity contribution in [3.05, 3.63) is 30.1 Å². The molecule has 1 aromatic rings. The van der Waals surface area contributed by atoms with Crippen molar-refractivity contribution in [2.45, 2.75) is 38.3 Å². The smallest absolute Gasteiger partial charge is 0.0572 e. The van der Waals surface area contributed by atoms with Gasteiger partial charge >= 0.3 is 0 Å². The Balaban J connectivity index is 2.10. The molecule has 3 nitrogen and oxygen atoms in total. The largest absolute Gasteiger partial charge is 0.329 e. The summed E-state index contributed by atoms with van der Waals surface area (Å²) in [5, 5.41) is 0. The molecule has 0 bridgehead atoms. The molecule has 1 saturated heterocycles. The van der Waals surface area contributed by atoms with Crippen LogP contribution in [0.15, 0.2) is 24.4 Å². The van der Waals surface area contributed by atoms with Gasteiger partial charge in [-0.3, -0.25) is 9.88 Å². The minimum absolute atomic E-state index is 0.384. The molecule has 1 aliphatic rings. The van der Waals surface area contributed by atoms with Gasteiger partial charge in [-0.05, 0) is 38.4 Å². The van der Waals surface area contributed by atoms with E-state index in [-0.39, 0.29) is 0 Å². The van der Waals surface area contributed by atoms with Gasteiger partial charge in [0.25, 0.3) is 0 Å². The Morgan fingerprint density at radius 1 is 1.50 bits per heavy atom. The topological polar surface area (TPSA) is 42.2 Å². The number of nitrogens with zero attached hydrogens (tertiary/aromatic N) is 2. The van der Waals surface area contributed by atoms with Crippen molar-refractivity contribution in [3.63, 3.8) is 0 Å². The van der Waals surface area contributed by atoms with Crippen molar-refractivity contribution in [1.82, 2.24) is 9.88 Å². The number of nitrogens with two attached hydrogens (primary N) is 1. The Hall–Kier alpha value is -0.930. The molecule has 0 aliphatic carbocycles. The molecule has 2 atom stereocenters. The third-order valence-electron chi connectivity index (χ3n) is 3.56. The summed E-state index contributed by atoms with van der Waals surface area (Å²) in [6.45, 7) is 4.15. The van der Waals surface area contributed by atoms with E-state index in [1.807, 2.05) is 12.3 Å². The second-order valence-electron chi connectivity index (χ2n) is 4.55. The number of aromatic nitrogens is 1. The number of piperidine rings is 1. The Morgan fingerprint density at radius 2 is 2.38 bits per heavy atom. The third-order valence-corrected chi connectivity index (χ3v) is 3.56. The van der Waals surface area contributed by atoms with E-state index < -0.39 is 0 Å². The quantitative estimate of drug-likeness (QED) is 0.845. The van der Waals surface area contributed by atoms with E-state index >= 15 is 0 Å². The molecule has 0 saturated carbocycles. The maximum absolute atomic E-state index is 5.85.